The van der Waals surface area contributed by atoms with Crippen molar-refractivity contribution in [2.45, 2.75) is 32.4 Å². The maximum absolute atomic E-state index is 3.62. The zero-order valence-corrected chi connectivity index (χ0v) is 12.6. The van der Waals surface area contributed by atoms with Crippen LogP contribution >= 0.6 is 27.7 Å². The molecule has 0 saturated carbocycles. The summed E-state index contributed by atoms with van der Waals surface area (Å²) >= 11 is 5.37. The van der Waals surface area contributed by atoms with Gasteiger partial charge in [-0.25, -0.2) is 0 Å². The monoisotopic (exact) mass is 301 g/mol. The van der Waals surface area contributed by atoms with Gasteiger partial charge in [-0.15, -0.1) is 0 Å². The van der Waals surface area contributed by atoms with Crippen molar-refractivity contribution in [1.29, 1.82) is 0 Å². The average molecular weight is 302 g/mol. The molecule has 0 aromatic heterocycles. The molecule has 16 heavy (non-hydrogen) atoms. The Labute approximate surface area is 112 Å². The molecule has 0 saturated heterocycles. The van der Waals surface area contributed by atoms with Crippen LogP contribution in [0.2, 0.25) is 0 Å². The molecule has 2 unspecified atom stereocenters. The number of hydrogen-bond acceptors (Lipinski definition) is 2. The molecule has 0 spiro atoms. The zero-order chi connectivity index (χ0) is 12.0. The smallest absolute Gasteiger partial charge is 0.0294 e. The SMILES string of the molecule is CSCCC(C)NC(C)c1ccc(Br)cc1. The topological polar surface area (TPSA) is 12.0 Å². The van der Waals surface area contributed by atoms with Crippen LogP contribution in [0.4, 0.5) is 0 Å². The van der Waals surface area contributed by atoms with E-state index in [-0.39, 0.29) is 0 Å². The summed E-state index contributed by atoms with van der Waals surface area (Å²) in [4.78, 5) is 0. The van der Waals surface area contributed by atoms with Crippen molar-refractivity contribution in [1.82, 2.24) is 5.32 Å². The zero-order valence-electron chi connectivity index (χ0n) is 10.2. The summed E-state index contributed by atoms with van der Waals surface area (Å²) < 4.78 is 1.14. The van der Waals surface area contributed by atoms with Gasteiger partial charge in [0.25, 0.3) is 0 Å². The van der Waals surface area contributed by atoms with Crippen LogP contribution in [-0.2, 0) is 0 Å². The Kier molecular flexibility index (Phi) is 6.47. The van der Waals surface area contributed by atoms with Crippen LogP contribution in [0.3, 0.4) is 0 Å². The van der Waals surface area contributed by atoms with Crippen LogP contribution in [0.1, 0.15) is 31.9 Å². The van der Waals surface area contributed by atoms with Gasteiger partial charge in [0.1, 0.15) is 0 Å². The highest BCUT2D eigenvalue weighted by atomic mass is 79.9. The highest BCUT2D eigenvalue weighted by Gasteiger charge is 2.08. The predicted molar refractivity (Wildman–Crippen MR) is 78.2 cm³/mol. The highest BCUT2D eigenvalue weighted by Crippen LogP contribution is 2.17. The summed E-state index contributed by atoms with van der Waals surface area (Å²) in [6, 6.07) is 9.53. The van der Waals surface area contributed by atoms with E-state index in [9.17, 15) is 0 Å². The van der Waals surface area contributed by atoms with Gasteiger partial charge >= 0.3 is 0 Å². The molecule has 1 nitrogen and oxygen atoms in total. The Morgan fingerprint density at radius 3 is 2.44 bits per heavy atom. The molecular weight excluding hydrogens is 282 g/mol. The molecule has 0 aliphatic rings. The number of halogens is 1. The maximum Gasteiger partial charge on any atom is 0.0294 e. The summed E-state index contributed by atoms with van der Waals surface area (Å²) in [6.07, 6.45) is 3.38. The fourth-order valence-electron chi connectivity index (χ4n) is 1.65. The van der Waals surface area contributed by atoms with E-state index in [1.165, 1.54) is 17.7 Å². The molecular formula is C13H20BrNS. The standard InChI is InChI=1S/C13H20BrNS/c1-10(8-9-16-3)15-11(2)12-4-6-13(14)7-5-12/h4-7,10-11,15H,8-9H2,1-3H3. The summed E-state index contributed by atoms with van der Waals surface area (Å²) in [5.74, 6) is 1.22. The molecule has 3 heteroatoms. The van der Waals surface area contributed by atoms with Crippen molar-refractivity contribution in [3.63, 3.8) is 0 Å². The second-order valence-electron chi connectivity index (χ2n) is 4.12. The number of benzene rings is 1. The highest BCUT2D eigenvalue weighted by molar-refractivity contribution is 9.10. The van der Waals surface area contributed by atoms with E-state index in [1.54, 1.807) is 0 Å². The summed E-state index contributed by atoms with van der Waals surface area (Å²) in [5.41, 5.74) is 1.35. The third-order valence-corrected chi connectivity index (χ3v) is 3.83. The van der Waals surface area contributed by atoms with Crippen LogP contribution in [0, 0.1) is 0 Å². The van der Waals surface area contributed by atoms with E-state index in [4.69, 9.17) is 0 Å². The molecule has 1 aromatic rings. The Morgan fingerprint density at radius 2 is 1.88 bits per heavy atom. The molecule has 0 amide bonds. The second-order valence-corrected chi connectivity index (χ2v) is 6.02. The molecule has 2 atom stereocenters. The lowest BCUT2D eigenvalue weighted by Gasteiger charge is -2.20. The van der Waals surface area contributed by atoms with Gasteiger partial charge in [0, 0.05) is 16.6 Å². The van der Waals surface area contributed by atoms with E-state index in [2.05, 4.69) is 65.6 Å². The minimum atomic E-state index is 0.421. The van der Waals surface area contributed by atoms with Crippen molar-refractivity contribution in [3.05, 3.63) is 34.3 Å². The van der Waals surface area contributed by atoms with Crippen molar-refractivity contribution < 1.29 is 0 Å². The van der Waals surface area contributed by atoms with Crippen LogP contribution in [-0.4, -0.2) is 18.1 Å². The van der Waals surface area contributed by atoms with Gasteiger partial charge in [-0.1, -0.05) is 28.1 Å². The van der Waals surface area contributed by atoms with E-state index in [0.717, 1.165) is 4.47 Å². The van der Waals surface area contributed by atoms with E-state index < -0.39 is 0 Å². The predicted octanol–water partition coefficient (Wildman–Crippen LogP) is 4.24. The number of rotatable bonds is 6. The first-order valence-electron chi connectivity index (χ1n) is 5.64. The third kappa shape index (κ3) is 4.89. The molecule has 1 aromatic carbocycles. The first kappa shape index (κ1) is 14.1. The lowest BCUT2D eigenvalue weighted by atomic mass is 10.1. The average Bonchev–Trinajstić information content (AvgIpc) is 2.27. The summed E-state index contributed by atoms with van der Waals surface area (Å²) in [6.45, 7) is 4.48. The van der Waals surface area contributed by atoms with E-state index in [0.29, 0.717) is 12.1 Å². The van der Waals surface area contributed by atoms with Crippen LogP contribution in [0.15, 0.2) is 28.7 Å². The Balaban J connectivity index is 2.45. The third-order valence-electron chi connectivity index (χ3n) is 2.66. The van der Waals surface area contributed by atoms with Gasteiger partial charge in [0.05, 0.1) is 0 Å². The van der Waals surface area contributed by atoms with Crippen molar-refractivity contribution in [2.24, 2.45) is 0 Å². The van der Waals surface area contributed by atoms with Crippen molar-refractivity contribution >= 4 is 27.7 Å². The quantitative estimate of drug-likeness (QED) is 0.843. The molecule has 0 radical (unpaired) electrons. The lowest BCUT2D eigenvalue weighted by Crippen LogP contribution is -2.29. The second kappa shape index (κ2) is 7.36. The van der Waals surface area contributed by atoms with Gasteiger partial charge in [0.15, 0.2) is 0 Å². The molecule has 0 aliphatic carbocycles. The van der Waals surface area contributed by atoms with Crippen molar-refractivity contribution in [2.75, 3.05) is 12.0 Å². The molecule has 0 aliphatic heterocycles. The largest absolute Gasteiger partial charge is 0.308 e. The Hall–Kier alpha value is 0.01000. The summed E-state index contributed by atoms with van der Waals surface area (Å²) in [5, 5.41) is 3.62. The molecule has 1 N–H and O–H groups in total. The normalized spacial score (nSPS) is 14.8. The van der Waals surface area contributed by atoms with Gasteiger partial charge < -0.3 is 5.32 Å². The Morgan fingerprint density at radius 1 is 1.25 bits per heavy atom. The van der Waals surface area contributed by atoms with Crippen LogP contribution in [0.25, 0.3) is 0 Å². The number of hydrogen-bond donors (Lipinski definition) is 1. The van der Waals surface area contributed by atoms with Crippen LogP contribution < -0.4 is 5.32 Å². The molecule has 1 rings (SSSR count). The Bertz CT molecular complexity index is 299. The van der Waals surface area contributed by atoms with Gasteiger partial charge in [-0.05, 0) is 50.0 Å². The maximum atomic E-state index is 3.62. The van der Waals surface area contributed by atoms with Gasteiger partial charge in [-0.3, -0.25) is 0 Å². The van der Waals surface area contributed by atoms with Crippen molar-refractivity contribution in [3.8, 4) is 0 Å². The van der Waals surface area contributed by atoms with E-state index >= 15 is 0 Å². The minimum absolute atomic E-state index is 0.421. The minimum Gasteiger partial charge on any atom is -0.308 e. The molecule has 0 fully saturated rings. The molecule has 0 heterocycles. The lowest BCUT2D eigenvalue weighted by molar-refractivity contribution is 0.471. The molecule has 90 valence electrons. The van der Waals surface area contributed by atoms with Gasteiger partial charge in [-0.2, -0.15) is 11.8 Å². The molecule has 0 bridgehead atoms. The van der Waals surface area contributed by atoms with E-state index in [1.807, 2.05) is 11.8 Å². The number of nitrogens with one attached hydrogen (secondary N) is 1. The first-order valence-corrected chi connectivity index (χ1v) is 7.82. The van der Waals surface area contributed by atoms with Gasteiger partial charge in [0.2, 0.25) is 0 Å². The fourth-order valence-corrected chi connectivity index (χ4v) is 2.51. The first-order chi connectivity index (χ1) is 7.63. The number of thioether (sulfide) groups is 1. The van der Waals surface area contributed by atoms with Crippen LogP contribution in [0.5, 0.6) is 0 Å². The fraction of sp³-hybridized carbons (Fsp3) is 0.538. The summed E-state index contributed by atoms with van der Waals surface area (Å²) in [7, 11) is 0.